The quantitative estimate of drug-likeness (QED) is 0.0522. The van der Waals surface area contributed by atoms with Crippen LogP contribution in [0.15, 0.2) is 24.3 Å². The minimum atomic E-state index is -1.16. The minimum Gasteiger partial charge on any atom is -0.463 e. The zero-order chi connectivity index (χ0) is 31.9. The van der Waals surface area contributed by atoms with Gasteiger partial charge in [0.2, 0.25) is 0 Å². The number of unbranched alkanes of at least 4 members (excludes halogenated alkanes) is 4. The van der Waals surface area contributed by atoms with Crippen molar-refractivity contribution in [2.45, 2.75) is 155 Å². The lowest BCUT2D eigenvalue weighted by molar-refractivity contribution is -0.161. The van der Waals surface area contributed by atoms with E-state index in [0.717, 1.165) is 25.7 Å². The summed E-state index contributed by atoms with van der Waals surface area (Å²) in [4.78, 5) is 47.9. The highest BCUT2D eigenvalue weighted by molar-refractivity contribution is 5.87. The fourth-order valence-electron chi connectivity index (χ4n) is 3.97. The Kier molecular flexibility index (Phi) is 16.8. The average Bonchev–Trinajstić information content (AvgIpc) is 2.81. The van der Waals surface area contributed by atoms with Gasteiger partial charge in [-0.15, -0.1) is 0 Å². The lowest BCUT2D eigenvalue weighted by Crippen LogP contribution is -2.42. The molecule has 0 bridgehead atoms. The SMILES string of the molecule is C=C(C)C(=O)OC(C)(C)CCCCCC(=O)OC(C)CCC(C)(N)OC(=O)CCCCCC(C)(C)OC(=O)C(=C)C. The molecule has 2 unspecified atom stereocenters. The molecule has 0 saturated carbocycles. The second-order valence-corrected chi connectivity index (χ2v) is 12.6. The first-order chi connectivity index (χ1) is 18.8. The Hall–Kier alpha value is -2.68. The molecule has 0 aromatic carbocycles. The summed E-state index contributed by atoms with van der Waals surface area (Å²) < 4.78 is 21.8. The molecular formula is C32H55NO8. The normalized spacial score (nSPS) is 13.9. The third kappa shape index (κ3) is 19.9. The van der Waals surface area contributed by atoms with Gasteiger partial charge >= 0.3 is 23.9 Å². The summed E-state index contributed by atoms with van der Waals surface area (Å²) in [6.07, 6.45) is 6.93. The van der Waals surface area contributed by atoms with Gasteiger partial charge < -0.3 is 18.9 Å². The number of carbonyl (C=O) groups excluding carboxylic acids is 4. The van der Waals surface area contributed by atoms with E-state index in [-0.39, 0.29) is 24.5 Å². The van der Waals surface area contributed by atoms with Crippen LogP contribution in [0.25, 0.3) is 0 Å². The van der Waals surface area contributed by atoms with E-state index in [4.69, 9.17) is 24.7 Å². The Morgan fingerprint density at radius 3 is 1.49 bits per heavy atom. The van der Waals surface area contributed by atoms with Crippen LogP contribution >= 0.6 is 0 Å². The van der Waals surface area contributed by atoms with Gasteiger partial charge in [-0.25, -0.2) is 9.59 Å². The molecule has 9 nitrogen and oxygen atoms in total. The molecule has 0 aliphatic rings. The van der Waals surface area contributed by atoms with E-state index in [0.29, 0.717) is 56.1 Å². The van der Waals surface area contributed by atoms with Crippen LogP contribution in [0, 0.1) is 0 Å². The smallest absolute Gasteiger partial charge is 0.333 e. The van der Waals surface area contributed by atoms with Crippen LogP contribution in [0.1, 0.15) is 132 Å². The van der Waals surface area contributed by atoms with E-state index in [9.17, 15) is 19.2 Å². The Bertz CT molecular complexity index is 903. The first kappa shape index (κ1) is 38.3. The van der Waals surface area contributed by atoms with Gasteiger partial charge in [-0.3, -0.25) is 15.3 Å². The number of hydrogen-bond donors (Lipinski definition) is 1. The summed E-state index contributed by atoms with van der Waals surface area (Å²) >= 11 is 0. The predicted octanol–water partition coefficient (Wildman–Crippen LogP) is 6.61. The summed E-state index contributed by atoms with van der Waals surface area (Å²) in [6.45, 7) is 21.3. The van der Waals surface area contributed by atoms with Crippen molar-refractivity contribution >= 4 is 23.9 Å². The van der Waals surface area contributed by atoms with Gasteiger partial charge in [0, 0.05) is 30.4 Å². The molecule has 0 aliphatic heterocycles. The molecule has 0 saturated heterocycles. The number of nitrogens with two attached hydrogens (primary N) is 1. The van der Waals surface area contributed by atoms with Gasteiger partial charge in [-0.05, 0) is 100 Å². The highest BCUT2D eigenvalue weighted by atomic mass is 16.6. The Morgan fingerprint density at radius 1 is 0.659 bits per heavy atom. The highest BCUT2D eigenvalue weighted by Crippen LogP contribution is 2.22. The van der Waals surface area contributed by atoms with Gasteiger partial charge in [0.25, 0.3) is 0 Å². The zero-order valence-electron chi connectivity index (χ0n) is 26.8. The fourth-order valence-corrected chi connectivity index (χ4v) is 3.97. The van der Waals surface area contributed by atoms with Crippen LogP contribution in [-0.4, -0.2) is 46.9 Å². The standard InChI is InChI=1S/C32H55NO8/c1-23(2)28(36)40-30(6,7)20-15-11-13-17-26(34)38-25(5)19-22-32(10,33)39-27(35)18-14-12-16-21-31(8,9)41-29(37)24(3)4/h25H,1,3,11-22,33H2,2,4-10H3. The summed E-state index contributed by atoms with van der Waals surface area (Å²) in [5.74, 6) is -1.45. The summed E-state index contributed by atoms with van der Waals surface area (Å²) in [6, 6.07) is 0. The van der Waals surface area contributed by atoms with Crippen molar-refractivity contribution < 1.29 is 38.1 Å². The molecule has 0 amide bonds. The number of carbonyl (C=O) groups is 4. The molecule has 9 heteroatoms. The Morgan fingerprint density at radius 2 is 1.07 bits per heavy atom. The van der Waals surface area contributed by atoms with Crippen molar-refractivity contribution in [2.24, 2.45) is 5.73 Å². The molecule has 0 spiro atoms. The highest BCUT2D eigenvalue weighted by Gasteiger charge is 2.26. The number of rotatable bonds is 21. The summed E-state index contributed by atoms with van der Waals surface area (Å²) in [5.41, 5.74) is 4.59. The van der Waals surface area contributed by atoms with E-state index >= 15 is 0 Å². The van der Waals surface area contributed by atoms with E-state index in [1.807, 2.05) is 27.7 Å². The van der Waals surface area contributed by atoms with E-state index < -0.39 is 28.9 Å². The molecule has 41 heavy (non-hydrogen) atoms. The van der Waals surface area contributed by atoms with Crippen molar-refractivity contribution in [1.29, 1.82) is 0 Å². The van der Waals surface area contributed by atoms with Gasteiger partial charge in [-0.1, -0.05) is 26.0 Å². The van der Waals surface area contributed by atoms with Gasteiger partial charge in [-0.2, -0.15) is 0 Å². The van der Waals surface area contributed by atoms with E-state index in [1.54, 1.807) is 27.7 Å². The molecule has 2 N–H and O–H groups in total. The van der Waals surface area contributed by atoms with Crippen molar-refractivity contribution in [3.63, 3.8) is 0 Å². The molecule has 0 fully saturated rings. The number of esters is 4. The van der Waals surface area contributed by atoms with E-state index in [2.05, 4.69) is 13.2 Å². The van der Waals surface area contributed by atoms with Gasteiger partial charge in [0.15, 0.2) is 5.72 Å². The largest absolute Gasteiger partial charge is 0.463 e. The molecule has 0 rings (SSSR count). The maximum absolute atomic E-state index is 12.3. The molecule has 0 radical (unpaired) electrons. The van der Waals surface area contributed by atoms with Crippen LogP contribution in [0.4, 0.5) is 0 Å². The zero-order valence-corrected chi connectivity index (χ0v) is 26.8. The number of ether oxygens (including phenoxy) is 4. The maximum Gasteiger partial charge on any atom is 0.333 e. The molecule has 0 heterocycles. The van der Waals surface area contributed by atoms with Crippen molar-refractivity contribution in [3.05, 3.63) is 24.3 Å². The van der Waals surface area contributed by atoms with E-state index in [1.165, 1.54) is 0 Å². The van der Waals surface area contributed by atoms with Crippen LogP contribution in [-0.2, 0) is 38.1 Å². The molecule has 0 aromatic rings. The first-order valence-electron chi connectivity index (χ1n) is 14.7. The van der Waals surface area contributed by atoms with Crippen LogP contribution in [0.5, 0.6) is 0 Å². The fraction of sp³-hybridized carbons (Fsp3) is 0.750. The Labute approximate surface area is 247 Å². The second kappa shape index (κ2) is 18.0. The van der Waals surface area contributed by atoms with Gasteiger partial charge in [0.1, 0.15) is 11.2 Å². The lowest BCUT2D eigenvalue weighted by atomic mass is 9.99. The summed E-state index contributed by atoms with van der Waals surface area (Å²) in [7, 11) is 0. The minimum absolute atomic E-state index is 0.247. The molecule has 2 atom stereocenters. The maximum atomic E-state index is 12.3. The van der Waals surface area contributed by atoms with Gasteiger partial charge in [0.05, 0.1) is 6.10 Å². The monoisotopic (exact) mass is 581 g/mol. The third-order valence-electron chi connectivity index (χ3n) is 6.48. The van der Waals surface area contributed by atoms with Crippen molar-refractivity contribution in [2.75, 3.05) is 0 Å². The second-order valence-electron chi connectivity index (χ2n) is 12.6. The van der Waals surface area contributed by atoms with Crippen LogP contribution in [0.2, 0.25) is 0 Å². The van der Waals surface area contributed by atoms with Crippen molar-refractivity contribution in [1.82, 2.24) is 0 Å². The molecule has 0 aromatic heterocycles. The number of hydrogen-bond acceptors (Lipinski definition) is 9. The first-order valence-corrected chi connectivity index (χ1v) is 14.7. The third-order valence-corrected chi connectivity index (χ3v) is 6.48. The summed E-state index contributed by atoms with van der Waals surface area (Å²) in [5, 5.41) is 0. The van der Waals surface area contributed by atoms with Crippen molar-refractivity contribution in [3.8, 4) is 0 Å². The predicted molar refractivity (Wildman–Crippen MR) is 160 cm³/mol. The Balaban J connectivity index is 4.15. The van der Waals surface area contributed by atoms with Crippen LogP contribution in [0.3, 0.4) is 0 Å². The average molecular weight is 582 g/mol. The lowest BCUT2D eigenvalue weighted by Gasteiger charge is -2.26. The molecular weight excluding hydrogens is 526 g/mol. The van der Waals surface area contributed by atoms with Crippen LogP contribution < -0.4 is 5.73 Å². The topological polar surface area (TPSA) is 131 Å². The molecule has 236 valence electrons. The molecule has 0 aliphatic carbocycles.